The Morgan fingerprint density at radius 3 is 2.24 bits per heavy atom. The van der Waals surface area contributed by atoms with Crippen LogP contribution in [-0.2, 0) is 20.2 Å². The van der Waals surface area contributed by atoms with Gasteiger partial charge in [-0.2, -0.15) is 17.4 Å². The summed E-state index contributed by atoms with van der Waals surface area (Å²) in [5, 5.41) is 5.07. The van der Waals surface area contributed by atoms with Gasteiger partial charge in [-0.25, -0.2) is 13.6 Å². The molecule has 1 aromatic carbocycles. The molecule has 0 aromatic heterocycles. The summed E-state index contributed by atoms with van der Waals surface area (Å²) < 4.78 is 50.7. The summed E-state index contributed by atoms with van der Waals surface area (Å²) in [6.45, 7) is 5.85. The van der Waals surface area contributed by atoms with Gasteiger partial charge in [0, 0.05) is 19.1 Å². The fourth-order valence-electron chi connectivity index (χ4n) is 1.89. The fraction of sp³-hybridized carbons (Fsp3) is 0.500. The molecule has 0 saturated heterocycles. The molecular weight excluding hydrogens is 314 g/mol. The van der Waals surface area contributed by atoms with Gasteiger partial charge in [0.2, 0.25) is 10.0 Å². The summed E-state index contributed by atoms with van der Waals surface area (Å²) in [5.41, 5.74) is 0.525. The Labute approximate surface area is 126 Å². The van der Waals surface area contributed by atoms with Crippen LogP contribution >= 0.6 is 0 Å². The molecule has 0 spiro atoms. The second-order valence-corrected chi connectivity index (χ2v) is 7.81. The Hall–Kier alpha value is -1.00. The molecule has 0 aliphatic carbocycles. The highest BCUT2D eigenvalue weighted by atomic mass is 32.2. The van der Waals surface area contributed by atoms with Crippen LogP contribution in [0.3, 0.4) is 0 Å². The molecule has 1 unspecified atom stereocenters. The molecule has 21 heavy (non-hydrogen) atoms. The van der Waals surface area contributed by atoms with Crippen molar-refractivity contribution in [3.63, 3.8) is 0 Å². The maximum atomic E-state index is 12.1. The van der Waals surface area contributed by atoms with Crippen molar-refractivity contribution in [1.29, 1.82) is 0 Å². The molecule has 120 valence electrons. The summed E-state index contributed by atoms with van der Waals surface area (Å²) in [5.74, 6) is 0. The zero-order chi connectivity index (χ0) is 16.3. The number of nitrogens with one attached hydrogen (secondary N) is 1. The largest absolute Gasteiger partial charge is 0.279 e. The Balaban J connectivity index is 3.03. The van der Waals surface area contributed by atoms with Crippen LogP contribution in [0.5, 0.6) is 0 Å². The maximum absolute atomic E-state index is 12.1. The minimum atomic E-state index is -3.82. The number of rotatable bonds is 7. The first kappa shape index (κ1) is 18.1. The van der Waals surface area contributed by atoms with Crippen LogP contribution in [0.4, 0.5) is 0 Å². The van der Waals surface area contributed by atoms with E-state index in [1.165, 1.54) is 22.5 Å². The molecule has 0 aliphatic rings. The van der Waals surface area contributed by atoms with Gasteiger partial charge in [0.15, 0.2) is 0 Å². The van der Waals surface area contributed by atoms with Gasteiger partial charge in [0.25, 0.3) is 10.2 Å². The number of nitrogens with zero attached hydrogens (tertiary/aromatic N) is 1. The highest BCUT2D eigenvalue weighted by Crippen LogP contribution is 2.18. The summed E-state index contributed by atoms with van der Waals surface area (Å²) in [6, 6.07) is 5.33. The standard InChI is InChI=1S/C12H21N3O4S2/c1-4-15(5-2)21(18,19)14-10(3)11-7-6-8-12(9-11)20(13,16)17/h6-10,14H,4-5H2,1-3H3,(H2,13,16,17). The van der Waals surface area contributed by atoms with Gasteiger partial charge in [0.05, 0.1) is 4.90 Å². The summed E-state index contributed by atoms with van der Waals surface area (Å²) in [6.07, 6.45) is 0. The maximum Gasteiger partial charge on any atom is 0.279 e. The number of hydrogen-bond acceptors (Lipinski definition) is 4. The lowest BCUT2D eigenvalue weighted by Crippen LogP contribution is -2.41. The van der Waals surface area contributed by atoms with E-state index in [-0.39, 0.29) is 4.90 Å². The van der Waals surface area contributed by atoms with Crippen LogP contribution < -0.4 is 9.86 Å². The Morgan fingerprint density at radius 1 is 1.19 bits per heavy atom. The van der Waals surface area contributed by atoms with Crippen molar-refractivity contribution >= 4 is 20.2 Å². The SMILES string of the molecule is CCN(CC)S(=O)(=O)NC(C)c1cccc(S(N)(=O)=O)c1. The van der Waals surface area contributed by atoms with Crippen molar-refractivity contribution in [2.45, 2.75) is 31.7 Å². The first-order chi connectivity index (χ1) is 9.61. The van der Waals surface area contributed by atoms with Crippen LogP contribution in [0.15, 0.2) is 29.2 Å². The number of nitrogens with two attached hydrogens (primary N) is 1. The van der Waals surface area contributed by atoms with E-state index in [0.29, 0.717) is 18.7 Å². The van der Waals surface area contributed by atoms with Crippen LogP contribution in [-0.4, -0.2) is 34.2 Å². The molecule has 0 radical (unpaired) electrons. The third kappa shape index (κ3) is 4.75. The van der Waals surface area contributed by atoms with Gasteiger partial charge >= 0.3 is 0 Å². The van der Waals surface area contributed by atoms with E-state index in [4.69, 9.17) is 5.14 Å². The first-order valence-corrected chi connectivity index (χ1v) is 9.50. The van der Waals surface area contributed by atoms with Crippen LogP contribution in [0.1, 0.15) is 32.4 Å². The van der Waals surface area contributed by atoms with E-state index < -0.39 is 26.3 Å². The highest BCUT2D eigenvalue weighted by molar-refractivity contribution is 7.89. The van der Waals surface area contributed by atoms with E-state index in [1.54, 1.807) is 26.8 Å². The van der Waals surface area contributed by atoms with E-state index >= 15 is 0 Å². The lowest BCUT2D eigenvalue weighted by Gasteiger charge is -2.22. The van der Waals surface area contributed by atoms with E-state index in [0.717, 1.165) is 0 Å². The Bertz CT molecular complexity index is 682. The topological polar surface area (TPSA) is 110 Å². The third-order valence-electron chi connectivity index (χ3n) is 3.06. The van der Waals surface area contributed by atoms with Crippen molar-refractivity contribution in [3.05, 3.63) is 29.8 Å². The van der Waals surface area contributed by atoms with Gasteiger partial charge in [-0.3, -0.25) is 0 Å². The minimum Gasteiger partial charge on any atom is -0.225 e. The molecule has 3 N–H and O–H groups in total. The molecule has 1 rings (SSSR count). The molecule has 0 aliphatic heterocycles. The van der Waals surface area contributed by atoms with Crippen molar-refractivity contribution in [3.8, 4) is 0 Å². The third-order valence-corrected chi connectivity index (χ3v) is 5.82. The van der Waals surface area contributed by atoms with Gasteiger partial charge in [0.1, 0.15) is 0 Å². The smallest absolute Gasteiger partial charge is 0.225 e. The summed E-state index contributed by atoms with van der Waals surface area (Å²) in [4.78, 5) is -0.0473. The number of sulfonamides is 1. The molecule has 0 saturated carbocycles. The second kappa shape index (κ2) is 6.84. The van der Waals surface area contributed by atoms with Crippen molar-refractivity contribution in [1.82, 2.24) is 9.03 Å². The molecule has 1 atom stereocenters. The zero-order valence-corrected chi connectivity index (χ0v) is 13.9. The molecule has 0 bridgehead atoms. The van der Waals surface area contributed by atoms with Crippen LogP contribution in [0.2, 0.25) is 0 Å². The lowest BCUT2D eigenvalue weighted by atomic mass is 10.1. The highest BCUT2D eigenvalue weighted by Gasteiger charge is 2.22. The number of hydrogen-bond donors (Lipinski definition) is 2. The monoisotopic (exact) mass is 335 g/mol. The van der Waals surface area contributed by atoms with Gasteiger partial charge in [-0.15, -0.1) is 0 Å². The molecule has 9 heteroatoms. The lowest BCUT2D eigenvalue weighted by molar-refractivity contribution is 0.429. The molecule has 0 amide bonds. The summed E-state index contributed by atoms with van der Waals surface area (Å²) >= 11 is 0. The predicted molar refractivity (Wildman–Crippen MR) is 81.2 cm³/mol. The number of primary sulfonamides is 1. The van der Waals surface area contributed by atoms with Gasteiger partial charge in [-0.1, -0.05) is 26.0 Å². The average Bonchev–Trinajstić information content (AvgIpc) is 2.38. The Morgan fingerprint density at radius 2 is 1.76 bits per heavy atom. The second-order valence-electron chi connectivity index (χ2n) is 4.55. The van der Waals surface area contributed by atoms with Gasteiger partial charge < -0.3 is 0 Å². The fourth-order valence-corrected chi connectivity index (χ4v) is 3.87. The average molecular weight is 335 g/mol. The minimum absolute atomic E-state index is 0.0473. The number of benzene rings is 1. The zero-order valence-electron chi connectivity index (χ0n) is 12.3. The molecular formula is C12H21N3O4S2. The predicted octanol–water partition coefficient (Wildman–Crippen LogP) is 0.571. The molecule has 0 heterocycles. The Kier molecular flexibility index (Phi) is 5.88. The van der Waals surface area contributed by atoms with Crippen molar-refractivity contribution in [2.24, 2.45) is 5.14 Å². The van der Waals surface area contributed by atoms with Crippen molar-refractivity contribution in [2.75, 3.05) is 13.1 Å². The van der Waals surface area contributed by atoms with Gasteiger partial charge in [-0.05, 0) is 24.6 Å². The van der Waals surface area contributed by atoms with E-state index in [1.807, 2.05) is 0 Å². The van der Waals surface area contributed by atoms with E-state index in [2.05, 4.69) is 4.72 Å². The van der Waals surface area contributed by atoms with E-state index in [9.17, 15) is 16.8 Å². The van der Waals surface area contributed by atoms with Crippen LogP contribution in [0.25, 0.3) is 0 Å². The quantitative estimate of drug-likeness (QED) is 0.759. The van der Waals surface area contributed by atoms with Crippen molar-refractivity contribution < 1.29 is 16.8 Å². The summed E-state index contributed by atoms with van der Waals surface area (Å²) in [7, 11) is -7.43. The first-order valence-electron chi connectivity index (χ1n) is 6.52. The molecule has 1 aromatic rings. The molecule has 7 nitrogen and oxygen atoms in total. The molecule has 0 fully saturated rings. The van der Waals surface area contributed by atoms with Crippen LogP contribution in [0, 0.1) is 0 Å². The normalized spacial score (nSPS) is 14.3.